The van der Waals surface area contributed by atoms with Crippen molar-refractivity contribution in [1.29, 1.82) is 0 Å². The molecule has 2 aromatic heterocycles. The molecule has 0 spiro atoms. The van der Waals surface area contributed by atoms with Gasteiger partial charge in [-0.05, 0) is 31.2 Å². The van der Waals surface area contributed by atoms with Gasteiger partial charge >= 0.3 is 0 Å². The molecule has 29 heavy (non-hydrogen) atoms. The maximum absolute atomic E-state index is 13.2. The topological polar surface area (TPSA) is 100 Å². The molecule has 3 aromatic rings. The maximum Gasteiger partial charge on any atom is 0.216 e. The van der Waals surface area contributed by atoms with E-state index >= 15 is 0 Å². The van der Waals surface area contributed by atoms with Crippen molar-refractivity contribution < 1.29 is 13.5 Å². The third-order valence-electron chi connectivity index (χ3n) is 3.84. The number of aromatic amines is 1. The molecule has 1 unspecified atom stereocenters. The molecule has 0 aliphatic carbocycles. The zero-order chi connectivity index (χ0) is 19.8. The number of ether oxygens (including phenoxy) is 1. The molecule has 0 bridgehead atoms. The molecular formula is C19H24FIN6O2. The molecule has 1 atom stereocenters. The fraction of sp³-hybridized carbons (Fsp3) is 0.316. The lowest BCUT2D eigenvalue weighted by Crippen LogP contribution is -2.42. The van der Waals surface area contributed by atoms with E-state index < -0.39 is 0 Å². The Morgan fingerprint density at radius 2 is 2.17 bits per heavy atom. The van der Waals surface area contributed by atoms with E-state index in [9.17, 15) is 4.39 Å². The number of aliphatic imine (C=N–C) groups is 1. The molecule has 0 saturated carbocycles. The first kappa shape index (κ1) is 22.7. The summed E-state index contributed by atoms with van der Waals surface area (Å²) >= 11 is 0. The number of aromatic nitrogens is 3. The van der Waals surface area contributed by atoms with E-state index in [1.165, 1.54) is 12.1 Å². The molecule has 8 nitrogen and oxygen atoms in total. The summed E-state index contributed by atoms with van der Waals surface area (Å²) in [5.41, 5.74) is 0. The molecule has 0 aliphatic heterocycles. The molecule has 2 heterocycles. The maximum atomic E-state index is 13.2. The van der Waals surface area contributed by atoms with Gasteiger partial charge in [0.25, 0.3) is 0 Å². The molecular weight excluding hydrogens is 490 g/mol. The van der Waals surface area contributed by atoms with Crippen molar-refractivity contribution in [2.45, 2.75) is 19.4 Å². The summed E-state index contributed by atoms with van der Waals surface area (Å²) in [6.45, 7) is 3.03. The summed E-state index contributed by atoms with van der Waals surface area (Å²) in [7, 11) is 1.69. The Bertz CT molecular complexity index is 900. The van der Waals surface area contributed by atoms with Crippen LogP contribution in [0.4, 0.5) is 4.39 Å². The normalized spacial score (nSPS) is 12.2. The lowest BCUT2D eigenvalue weighted by Gasteiger charge is -2.17. The van der Waals surface area contributed by atoms with Crippen LogP contribution in [-0.2, 0) is 6.42 Å². The third kappa shape index (κ3) is 7.04. The van der Waals surface area contributed by atoms with Crippen molar-refractivity contribution in [2.24, 2.45) is 4.99 Å². The summed E-state index contributed by atoms with van der Waals surface area (Å²) in [4.78, 5) is 8.57. The van der Waals surface area contributed by atoms with Gasteiger partial charge in [-0.1, -0.05) is 6.07 Å². The fourth-order valence-corrected chi connectivity index (χ4v) is 2.50. The second-order valence-corrected chi connectivity index (χ2v) is 6.10. The predicted octanol–water partition coefficient (Wildman–Crippen LogP) is 3.00. The van der Waals surface area contributed by atoms with Gasteiger partial charge in [-0.2, -0.15) is 5.10 Å². The average molecular weight is 514 g/mol. The van der Waals surface area contributed by atoms with Gasteiger partial charge in [0.05, 0.1) is 12.8 Å². The quantitative estimate of drug-likeness (QED) is 0.243. The van der Waals surface area contributed by atoms with Crippen molar-refractivity contribution in [3.05, 3.63) is 54.3 Å². The van der Waals surface area contributed by atoms with Crippen LogP contribution in [0.3, 0.4) is 0 Å². The van der Waals surface area contributed by atoms with E-state index in [0.717, 1.165) is 5.82 Å². The van der Waals surface area contributed by atoms with Crippen molar-refractivity contribution in [1.82, 2.24) is 25.8 Å². The molecule has 3 rings (SSSR count). The van der Waals surface area contributed by atoms with E-state index in [1.54, 1.807) is 31.5 Å². The smallest absolute Gasteiger partial charge is 0.216 e. The zero-order valence-electron chi connectivity index (χ0n) is 16.2. The van der Waals surface area contributed by atoms with Gasteiger partial charge in [-0.3, -0.25) is 10.1 Å². The standard InChI is InChI=1S/C19H23FN6O2.HI/c1-13(28-15-6-3-5-14(20)11-15)12-23-19(21-2)22-9-8-17-24-18(26-25-17)16-7-4-10-27-16;/h3-7,10-11,13H,8-9,12H2,1-2H3,(H2,21,22,23)(H,24,25,26);1H. The monoisotopic (exact) mass is 514 g/mol. The second kappa shape index (κ2) is 11.4. The minimum atomic E-state index is -0.322. The molecule has 0 aliphatic rings. The Kier molecular flexibility index (Phi) is 8.90. The molecule has 0 radical (unpaired) electrons. The van der Waals surface area contributed by atoms with Gasteiger partial charge in [-0.15, -0.1) is 24.0 Å². The average Bonchev–Trinajstić information content (AvgIpc) is 3.36. The lowest BCUT2D eigenvalue weighted by molar-refractivity contribution is 0.223. The predicted molar refractivity (Wildman–Crippen MR) is 119 cm³/mol. The van der Waals surface area contributed by atoms with Crippen molar-refractivity contribution >= 4 is 29.9 Å². The largest absolute Gasteiger partial charge is 0.489 e. The first-order valence-corrected chi connectivity index (χ1v) is 8.96. The number of halogens is 2. The second-order valence-electron chi connectivity index (χ2n) is 6.10. The minimum Gasteiger partial charge on any atom is -0.489 e. The fourth-order valence-electron chi connectivity index (χ4n) is 2.50. The number of furan rings is 1. The molecule has 0 saturated heterocycles. The highest BCUT2D eigenvalue weighted by atomic mass is 127. The van der Waals surface area contributed by atoms with Gasteiger partial charge in [0.2, 0.25) is 5.82 Å². The first-order chi connectivity index (χ1) is 13.6. The van der Waals surface area contributed by atoms with E-state index in [0.29, 0.717) is 42.8 Å². The van der Waals surface area contributed by atoms with Crippen molar-refractivity contribution in [3.8, 4) is 17.3 Å². The van der Waals surface area contributed by atoms with Crippen LogP contribution in [0.15, 0.2) is 52.1 Å². The Labute approximate surface area is 185 Å². The highest BCUT2D eigenvalue weighted by Gasteiger charge is 2.09. The van der Waals surface area contributed by atoms with Gasteiger partial charge in [0.15, 0.2) is 11.7 Å². The van der Waals surface area contributed by atoms with Crippen molar-refractivity contribution in [3.63, 3.8) is 0 Å². The molecule has 156 valence electrons. The molecule has 10 heteroatoms. The minimum absolute atomic E-state index is 0. The van der Waals surface area contributed by atoms with Crippen LogP contribution in [0.25, 0.3) is 11.6 Å². The lowest BCUT2D eigenvalue weighted by atomic mass is 10.3. The summed E-state index contributed by atoms with van der Waals surface area (Å²) in [6.07, 6.45) is 2.07. The third-order valence-corrected chi connectivity index (χ3v) is 3.84. The number of rotatable bonds is 8. The SMILES string of the molecule is CN=C(NCCc1nc(-c2ccco2)n[nH]1)NCC(C)Oc1cccc(F)c1.I. The number of H-pyrrole nitrogens is 1. The van der Waals surface area contributed by atoms with Crippen LogP contribution in [0.5, 0.6) is 5.75 Å². The molecule has 0 amide bonds. The Morgan fingerprint density at radius 3 is 2.90 bits per heavy atom. The number of benzene rings is 1. The zero-order valence-corrected chi connectivity index (χ0v) is 18.5. The first-order valence-electron chi connectivity index (χ1n) is 8.96. The van der Waals surface area contributed by atoms with Crippen LogP contribution in [-0.4, -0.2) is 47.4 Å². The van der Waals surface area contributed by atoms with Gasteiger partial charge in [0.1, 0.15) is 23.5 Å². The van der Waals surface area contributed by atoms with Crippen molar-refractivity contribution in [2.75, 3.05) is 20.1 Å². The number of nitrogens with zero attached hydrogens (tertiary/aromatic N) is 3. The van der Waals surface area contributed by atoms with E-state index in [2.05, 4.69) is 30.8 Å². The van der Waals surface area contributed by atoms with Crippen LogP contribution >= 0.6 is 24.0 Å². The van der Waals surface area contributed by atoms with Crippen LogP contribution < -0.4 is 15.4 Å². The Balaban J connectivity index is 0.00000300. The Morgan fingerprint density at radius 1 is 1.31 bits per heavy atom. The number of guanidine groups is 1. The van der Waals surface area contributed by atoms with E-state index in [1.807, 2.05) is 13.0 Å². The summed E-state index contributed by atoms with van der Waals surface area (Å²) < 4.78 is 24.2. The van der Waals surface area contributed by atoms with E-state index in [-0.39, 0.29) is 35.9 Å². The van der Waals surface area contributed by atoms with Crippen LogP contribution in [0.2, 0.25) is 0 Å². The Hall–Kier alpha value is -2.63. The highest BCUT2D eigenvalue weighted by Crippen LogP contribution is 2.14. The summed E-state index contributed by atoms with van der Waals surface area (Å²) in [6, 6.07) is 9.68. The van der Waals surface area contributed by atoms with Crippen LogP contribution in [0.1, 0.15) is 12.7 Å². The number of hydrogen-bond donors (Lipinski definition) is 3. The molecule has 0 fully saturated rings. The number of nitrogens with one attached hydrogen (secondary N) is 3. The van der Waals surface area contributed by atoms with E-state index in [4.69, 9.17) is 9.15 Å². The summed E-state index contributed by atoms with van der Waals surface area (Å²) in [5, 5.41) is 13.4. The summed E-state index contributed by atoms with van der Waals surface area (Å²) in [5.74, 6) is 2.72. The highest BCUT2D eigenvalue weighted by molar-refractivity contribution is 14.0. The molecule has 3 N–H and O–H groups in total. The number of hydrogen-bond acceptors (Lipinski definition) is 5. The van der Waals surface area contributed by atoms with Gasteiger partial charge in [0, 0.05) is 26.1 Å². The van der Waals surface area contributed by atoms with Gasteiger partial charge < -0.3 is 19.8 Å². The molecule has 1 aromatic carbocycles. The van der Waals surface area contributed by atoms with Gasteiger partial charge in [-0.25, -0.2) is 9.37 Å². The van der Waals surface area contributed by atoms with Crippen LogP contribution in [0, 0.1) is 5.82 Å².